The van der Waals surface area contributed by atoms with Crippen molar-refractivity contribution >= 4 is 16.9 Å². The first kappa shape index (κ1) is 13.7. The van der Waals surface area contributed by atoms with Gasteiger partial charge >= 0.3 is 6.03 Å². The van der Waals surface area contributed by atoms with Gasteiger partial charge in [-0.05, 0) is 25.0 Å². The Kier molecular flexibility index (Phi) is 4.19. The molecule has 21 heavy (non-hydrogen) atoms. The largest absolute Gasteiger partial charge is 0.489 e. The van der Waals surface area contributed by atoms with Gasteiger partial charge in [-0.25, -0.2) is 4.79 Å². The zero-order valence-electron chi connectivity index (χ0n) is 11.9. The Balaban J connectivity index is 1.51. The molecule has 1 aliphatic rings. The highest BCUT2D eigenvalue weighted by Crippen LogP contribution is 2.22. The van der Waals surface area contributed by atoms with E-state index in [1.807, 2.05) is 35.2 Å². The molecule has 0 atom stereocenters. The lowest BCUT2D eigenvalue weighted by atomic mass is 10.2. The van der Waals surface area contributed by atoms with E-state index in [1.165, 1.54) is 0 Å². The van der Waals surface area contributed by atoms with Gasteiger partial charge in [-0.2, -0.15) is 0 Å². The first-order chi connectivity index (χ1) is 10.3. The number of carbonyl (C=O) groups is 1. The van der Waals surface area contributed by atoms with Gasteiger partial charge in [-0.1, -0.05) is 18.2 Å². The number of likely N-dealkylation sites (tertiary alicyclic amines) is 1. The molecule has 0 bridgehead atoms. The Morgan fingerprint density at radius 2 is 2.05 bits per heavy atom. The van der Waals surface area contributed by atoms with E-state index < -0.39 is 0 Å². The molecule has 1 N–H and O–H groups in total. The number of aromatic nitrogens is 1. The number of fused-ring (bicyclic) bond motifs is 1. The fourth-order valence-corrected chi connectivity index (χ4v) is 2.54. The summed E-state index contributed by atoms with van der Waals surface area (Å²) in [6, 6.07) is 9.77. The number of nitrogens with one attached hydrogen (secondary N) is 1. The summed E-state index contributed by atoms with van der Waals surface area (Å²) in [6.07, 6.45) is 3.96. The summed E-state index contributed by atoms with van der Waals surface area (Å²) >= 11 is 0. The number of nitrogens with zero attached hydrogens (tertiary/aromatic N) is 2. The third kappa shape index (κ3) is 3.24. The number of rotatable bonds is 4. The van der Waals surface area contributed by atoms with Crippen LogP contribution < -0.4 is 10.1 Å². The van der Waals surface area contributed by atoms with Gasteiger partial charge in [0.25, 0.3) is 0 Å². The average Bonchev–Trinajstić information content (AvgIpc) is 3.06. The molecule has 0 radical (unpaired) electrons. The first-order valence-corrected chi connectivity index (χ1v) is 7.34. The minimum absolute atomic E-state index is 0.00662. The molecule has 3 rings (SSSR count). The Hall–Kier alpha value is -2.30. The standard InChI is InChI=1S/C16H19N3O2/c20-16(19-10-1-2-11-19)18-9-12-21-14-7-3-5-13-6-4-8-17-15(13)14/h3-8H,1-2,9-12H2,(H,18,20). The Bertz CT molecular complexity index is 618. The van der Waals surface area contributed by atoms with E-state index in [4.69, 9.17) is 4.74 Å². The molecule has 1 aliphatic heterocycles. The Morgan fingerprint density at radius 1 is 1.24 bits per heavy atom. The number of carbonyl (C=O) groups excluding carboxylic acids is 1. The smallest absolute Gasteiger partial charge is 0.317 e. The third-order valence-corrected chi connectivity index (χ3v) is 3.62. The maximum atomic E-state index is 11.8. The fourth-order valence-electron chi connectivity index (χ4n) is 2.54. The highest BCUT2D eigenvalue weighted by Gasteiger charge is 2.16. The van der Waals surface area contributed by atoms with Crippen LogP contribution in [0.3, 0.4) is 0 Å². The molecule has 1 fully saturated rings. The number of pyridine rings is 1. The molecule has 110 valence electrons. The zero-order valence-corrected chi connectivity index (χ0v) is 11.9. The predicted octanol–water partition coefficient (Wildman–Crippen LogP) is 2.42. The number of benzene rings is 1. The summed E-state index contributed by atoms with van der Waals surface area (Å²) in [5.74, 6) is 0.753. The van der Waals surface area contributed by atoms with Crippen LogP contribution in [0, 0.1) is 0 Å². The Labute approximate surface area is 123 Å². The molecular formula is C16H19N3O2. The number of amides is 2. The highest BCUT2D eigenvalue weighted by atomic mass is 16.5. The van der Waals surface area contributed by atoms with Crippen LogP contribution in [-0.2, 0) is 0 Å². The van der Waals surface area contributed by atoms with Gasteiger partial charge in [0.05, 0.1) is 6.54 Å². The van der Waals surface area contributed by atoms with Crippen LogP contribution in [0.25, 0.3) is 10.9 Å². The minimum atomic E-state index is 0.00662. The van der Waals surface area contributed by atoms with Crippen LogP contribution in [0.4, 0.5) is 4.79 Å². The molecule has 1 saturated heterocycles. The molecule has 0 spiro atoms. The van der Waals surface area contributed by atoms with Crippen LogP contribution in [0.1, 0.15) is 12.8 Å². The van der Waals surface area contributed by atoms with Crippen molar-refractivity contribution in [1.82, 2.24) is 15.2 Å². The van der Waals surface area contributed by atoms with Crippen LogP contribution in [0.5, 0.6) is 5.75 Å². The van der Waals surface area contributed by atoms with Gasteiger partial charge in [0.15, 0.2) is 0 Å². The Morgan fingerprint density at radius 3 is 2.90 bits per heavy atom. The van der Waals surface area contributed by atoms with E-state index in [2.05, 4.69) is 10.3 Å². The van der Waals surface area contributed by atoms with Gasteiger partial charge in [-0.15, -0.1) is 0 Å². The van der Waals surface area contributed by atoms with Crippen LogP contribution in [-0.4, -0.2) is 42.2 Å². The SMILES string of the molecule is O=C(NCCOc1cccc2cccnc12)N1CCCC1. The van der Waals surface area contributed by atoms with E-state index >= 15 is 0 Å². The lowest BCUT2D eigenvalue weighted by Gasteiger charge is -2.16. The van der Waals surface area contributed by atoms with Crippen molar-refractivity contribution in [2.24, 2.45) is 0 Å². The van der Waals surface area contributed by atoms with Crippen molar-refractivity contribution in [3.63, 3.8) is 0 Å². The van der Waals surface area contributed by atoms with Crippen molar-refractivity contribution in [3.8, 4) is 5.75 Å². The van der Waals surface area contributed by atoms with E-state index in [9.17, 15) is 4.79 Å². The lowest BCUT2D eigenvalue weighted by molar-refractivity contribution is 0.205. The minimum Gasteiger partial charge on any atom is -0.489 e. The van der Waals surface area contributed by atoms with Gasteiger partial charge in [0.1, 0.15) is 17.9 Å². The van der Waals surface area contributed by atoms with Gasteiger partial charge < -0.3 is 15.0 Å². The maximum Gasteiger partial charge on any atom is 0.317 e. The molecule has 2 amide bonds. The summed E-state index contributed by atoms with van der Waals surface area (Å²) in [5, 5.41) is 3.94. The molecule has 0 saturated carbocycles. The van der Waals surface area contributed by atoms with E-state index in [1.54, 1.807) is 6.20 Å². The topological polar surface area (TPSA) is 54.5 Å². The van der Waals surface area contributed by atoms with Crippen LogP contribution >= 0.6 is 0 Å². The molecule has 1 aromatic carbocycles. The summed E-state index contributed by atoms with van der Waals surface area (Å²) in [4.78, 5) is 18.0. The quantitative estimate of drug-likeness (QED) is 0.878. The number of para-hydroxylation sites is 1. The number of urea groups is 1. The van der Waals surface area contributed by atoms with Crippen molar-refractivity contribution in [2.45, 2.75) is 12.8 Å². The van der Waals surface area contributed by atoms with E-state index in [-0.39, 0.29) is 6.03 Å². The van der Waals surface area contributed by atoms with Gasteiger partial charge in [0.2, 0.25) is 0 Å². The molecule has 0 aliphatic carbocycles. The first-order valence-electron chi connectivity index (χ1n) is 7.34. The van der Waals surface area contributed by atoms with E-state index in [0.29, 0.717) is 13.2 Å². The predicted molar refractivity (Wildman–Crippen MR) is 81.4 cm³/mol. The highest BCUT2D eigenvalue weighted by molar-refractivity contribution is 5.84. The maximum absolute atomic E-state index is 11.8. The monoisotopic (exact) mass is 285 g/mol. The van der Waals surface area contributed by atoms with Crippen molar-refractivity contribution in [1.29, 1.82) is 0 Å². The molecule has 5 heteroatoms. The summed E-state index contributed by atoms with van der Waals surface area (Å²) in [6.45, 7) is 2.66. The van der Waals surface area contributed by atoms with Crippen LogP contribution in [0.2, 0.25) is 0 Å². The lowest BCUT2D eigenvalue weighted by Crippen LogP contribution is -2.39. The fraction of sp³-hybridized carbons (Fsp3) is 0.375. The molecule has 1 aromatic heterocycles. The average molecular weight is 285 g/mol. The van der Waals surface area contributed by atoms with Crippen molar-refractivity contribution < 1.29 is 9.53 Å². The number of ether oxygens (including phenoxy) is 1. The van der Waals surface area contributed by atoms with Crippen LogP contribution in [0.15, 0.2) is 36.5 Å². The molecule has 2 heterocycles. The number of hydrogen-bond acceptors (Lipinski definition) is 3. The third-order valence-electron chi connectivity index (χ3n) is 3.62. The second-order valence-corrected chi connectivity index (χ2v) is 5.11. The zero-order chi connectivity index (χ0) is 14.5. The second-order valence-electron chi connectivity index (χ2n) is 5.11. The second kappa shape index (κ2) is 6.43. The van der Waals surface area contributed by atoms with Crippen molar-refractivity contribution in [2.75, 3.05) is 26.2 Å². The molecule has 0 unspecified atom stereocenters. The van der Waals surface area contributed by atoms with Crippen molar-refractivity contribution in [3.05, 3.63) is 36.5 Å². The summed E-state index contributed by atoms with van der Waals surface area (Å²) in [7, 11) is 0. The van der Waals surface area contributed by atoms with Gasteiger partial charge in [-0.3, -0.25) is 4.98 Å². The van der Waals surface area contributed by atoms with Gasteiger partial charge in [0, 0.05) is 24.7 Å². The summed E-state index contributed by atoms with van der Waals surface area (Å²) < 4.78 is 5.74. The molecular weight excluding hydrogens is 266 g/mol. The summed E-state index contributed by atoms with van der Waals surface area (Å²) in [5.41, 5.74) is 0.853. The normalized spacial score (nSPS) is 14.4. The van der Waals surface area contributed by atoms with E-state index in [0.717, 1.165) is 42.6 Å². The number of hydrogen-bond donors (Lipinski definition) is 1. The molecule has 2 aromatic rings. The molecule has 5 nitrogen and oxygen atoms in total.